The second kappa shape index (κ2) is 8.26. The number of hydrogen-bond donors (Lipinski definition) is 2. The van der Waals surface area contributed by atoms with Crippen LogP contribution in [0.4, 0.5) is 30.2 Å². The van der Waals surface area contributed by atoms with Crippen LogP contribution in [0.25, 0.3) is 0 Å². The van der Waals surface area contributed by atoms with Crippen molar-refractivity contribution in [1.82, 2.24) is 0 Å². The van der Waals surface area contributed by atoms with Crippen LogP contribution in [0.5, 0.6) is 0 Å². The highest BCUT2D eigenvalue weighted by Gasteiger charge is 2.30. The number of alkyl halides is 3. The molecule has 0 atom stereocenters. The number of nitrogen functional groups attached to an aromatic ring is 1. The first kappa shape index (κ1) is 20.5. The second-order valence-corrected chi connectivity index (χ2v) is 5.67. The van der Waals surface area contributed by atoms with Crippen LogP contribution in [-0.2, 0) is 15.8 Å². The van der Waals surface area contributed by atoms with E-state index >= 15 is 0 Å². The van der Waals surface area contributed by atoms with Crippen LogP contribution < -0.4 is 16.0 Å². The van der Waals surface area contributed by atoms with Crippen molar-refractivity contribution in [3.05, 3.63) is 65.9 Å². The molecule has 28 heavy (non-hydrogen) atoms. The molecule has 0 fully saturated rings. The number of nitrogens with one attached hydrogen (secondary N) is 1. The summed E-state index contributed by atoms with van der Waals surface area (Å²) in [6, 6.07) is 11.8. The summed E-state index contributed by atoms with van der Waals surface area (Å²) in [5.41, 5.74) is 4.80. The number of benzene rings is 2. The first-order valence-electron chi connectivity index (χ1n) is 7.87. The van der Waals surface area contributed by atoms with Crippen molar-refractivity contribution in [3.63, 3.8) is 0 Å². The maximum atomic E-state index is 12.8. The molecule has 0 spiro atoms. The van der Waals surface area contributed by atoms with Crippen molar-refractivity contribution >= 4 is 28.9 Å². The highest BCUT2D eigenvalue weighted by atomic mass is 19.4. The van der Waals surface area contributed by atoms with Crippen LogP contribution in [0.3, 0.4) is 0 Å². The van der Waals surface area contributed by atoms with Gasteiger partial charge in [-0.25, -0.2) is 0 Å². The number of carbonyl (C=O) groups excluding carboxylic acids is 2. The van der Waals surface area contributed by atoms with E-state index in [0.717, 1.165) is 29.3 Å². The van der Waals surface area contributed by atoms with E-state index in [4.69, 9.17) is 5.73 Å². The van der Waals surface area contributed by atoms with Gasteiger partial charge in [0.25, 0.3) is 5.91 Å². The van der Waals surface area contributed by atoms with Crippen molar-refractivity contribution in [2.75, 3.05) is 16.0 Å². The molecular weight excluding hydrogens is 373 g/mol. The molecular formula is C19H15F3N4O2. The highest BCUT2D eigenvalue weighted by Crippen LogP contribution is 2.30. The van der Waals surface area contributed by atoms with E-state index in [0.29, 0.717) is 11.4 Å². The van der Waals surface area contributed by atoms with Crippen LogP contribution in [0.1, 0.15) is 12.5 Å². The Balaban J connectivity index is 2.31. The Morgan fingerprint density at radius 1 is 1.18 bits per heavy atom. The Morgan fingerprint density at radius 2 is 1.86 bits per heavy atom. The summed E-state index contributed by atoms with van der Waals surface area (Å²) in [4.78, 5) is 25.3. The monoisotopic (exact) mass is 388 g/mol. The molecule has 0 aliphatic heterocycles. The summed E-state index contributed by atoms with van der Waals surface area (Å²) in [6.07, 6.45) is -3.58. The predicted octanol–water partition coefficient (Wildman–Crippen LogP) is 3.69. The quantitative estimate of drug-likeness (QED) is 0.474. The van der Waals surface area contributed by atoms with Gasteiger partial charge in [-0.05, 0) is 36.4 Å². The fraction of sp³-hybridized carbons (Fsp3) is 0.105. The van der Waals surface area contributed by atoms with E-state index in [1.807, 2.05) is 0 Å². The summed E-state index contributed by atoms with van der Waals surface area (Å²) in [5, 5.41) is 11.5. The van der Waals surface area contributed by atoms with E-state index < -0.39 is 29.1 Å². The van der Waals surface area contributed by atoms with Crippen LogP contribution in [0.15, 0.2) is 60.3 Å². The number of nitrogens with two attached hydrogens (primary N) is 1. The Kier molecular flexibility index (Phi) is 6.05. The minimum Gasteiger partial charge on any atom is -0.399 e. The lowest BCUT2D eigenvalue weighted by molar-refractivity contribution is -0.137. The molecule has 0 bridgehead atoms. The summed E-state index contributed by atoms with van der Waals surface area (Å²) < 4.78 is 38.3. The predicted molar refractivity (Wildman–Crippen MR) is 97.8 cm³/mol. The molecule has 0 aliphatic rings. The van der Waals surface area contributed by atoms with Crippen molar-refractivity contribution in [1.29, 1.82) is 5.26 Å². The van der Waals surface area contributed by atoms with Crippen molar-refractivity contribution in [3.8, 4) is 6.07 Å². The molecule has 2 rings (SSSR count). The van der Waals surface area contributed by atoms with E-state index in [-0.39, 0.29) is 5.69 Å². The summed E-state index contributed by atoms with van der Waals surface area (Å²) >= 11 is 0. The molecule has 9 heteroatoms. The zero-order chi connectivity index (χ0) is 20.9. The lowest BCUT2D eigenvalue weighted by atomic mass is 10.2. The minimum absolute atomic E-state index is 0.140. The van der Waals surface area contributed by atoms with E-state index in [2.05, 4.69) is 5.32 Å². The number of anilines is 3. The number of hydrogen-bond acceptors (Lipinski definition) is 4. The number of rotatable bonds is 4. The third-order valence-electron chi connectivity index (χ3n) is 3.56. The molecule has 2 aromatic carbocycles. The van der Waals surface area contributed by atoms with Crippen LogP contribution in [0.2, 0.25) is 0 Å². The lowest BCUT2D eigenvalue weighted by Gasteiger charge is -2.17. The van der Waals surface area contributed by atoms with Gasteiger partial charge in [0.15, 0.2) is 0 Å². The zero-order valence-corrected chi connectivity index (χ0v) is 14.6. The third-order valence-corrected chi connectivity index (χ3v) is 3.56. The number of nitriles is 1. The number of nitrogens with zero attached hydrogens (tertiary/aromatic N) is 2. The van der Waals surface area contributed by atoms with Crippen molar-refractivity contribution in [2.24, 2.45) is 0 Å². The number of halogens is 3. The normalized spacial score (nSPS) is 11.5. The van der Waals surface area contributed by atoms with Gasteiger partial charge in [0.05, 0.1) is 11.3 Å². The SMILES string of the molecule is CC(=O)N(/C=C(/C#N)C(=O)Nc1cccc(C(F)(F)F)c1)c1cccc(N)c1. The Labute approximate surface area is 158 Å². The summed E-state index contributed by atoms with van der Waals surface area (Å²) in [6.45, 7) is 1.22. The van der Waals surface area contributed by atoms with Gasteiger partial charge in [-0.2, -0.15) is 18.4 Å². The maximum Gasteiger partial charge on any atom is 0.416 e. The largest absolute Gasteiger partial charge is 0.416 e. The molecule has 2 aromatic rings. The molecule has 144 valence electrons. The fourth-order valence-electron chi connectivity index (χ4n) is 2.26. The topological polar surface area (TPSA) is 99.2 Å². The first-order valence-corrected chi connectivity index (χ1v) is 7.87. The molecule has 0 saturated heterocycles. The van der Waals surface area contributed by atoms with Gasteiger partial charge in [0.1, 0.15) is 11.6 Å². The molecule has 0 unspecified atom stereocenters. The molecule has 0 heterocycles. The van der Waals surface area contributed by atoms with Crippen LogP contribution >= 0.6 is 0 Å². The van der Waals surface area contributed by atoms with E-state index in [1.165, 1.54) is 19.1 Å². The van der Waals surface area contributed by atoms with Crippen LogP contribution in [-0.4, -0.2) is 11.8 Å². The van der Waals surface area contributed by atoms with Gasteiger partial charge >= 0.3 is 6.18 Å². The average molecular weight is 388 g/mol. The maximum absolute atomic E-state index is 12.8. The Morgan fingerprint density at radius 3 is 2.43 bits per heavy atom. The third kappa shape index (κ3) is 5.11. The van der Waals surface area contributed by atoms with Crippen molar-refractivity contribution < 1.29 is 22.8 Å². The van der Waals surface area contributed by atoms with Gasteiger partial charge in [-0.1, -0.05) is 12.1 Å². The lowest BCUT2D eigenvalue weighted by Crippen LogP contribution is -2.25. The Hall–Kier alpha value is -3.80. The zero-order valence-electron chi connectivity index (χ0n) is 14.6. The number of carbonyl (C=O) groups is 2. The van der Waals surface area contributed by atoms with Crippen LogP contribution in [0, 0.1) is 11.3 Å². The molecule has 0 radical (unpaired) electrons. The van der Waals surface area contributed by atoms with E-state index in [9.17, 15) is 28.0 Å². The first-order chi connectivity index (χ1) is 13.1. The van der Waals surface area contributed by atoms with Crippen molar-refractivity contribution in [2.45, 2.75) is 13.1 Å². The summed E-state index contributed by atoms with van der Waals surface area (Å²) in [7, 11) is 0. The fourth-order valence-corrected chi connectivity index (χ4v) is 2.26. The Bertz CT molecular complexity index is 978. The number of amides is 2. The molecule has 0 aliphatic carbocycles. The van der Waals surface area contributed by atoms with Gasteiger partial charge in [0.2, 0.25) is 5.91 Å². The van der Waals surface area contributed by atoms with Gasteiger partial charge in [-0.15, -0.1) is 0 Å². The molecule has 3 N–H and O–H groups in total. The minimum atomic E-state index is -4.58. The molecule has 0 saturated carbocycles. The summed E-state index contributed by atoms with van der Waals surface area (Å²) in [5.74, 6) is -1.46. The van der Waals surface area contributed by atoms with Gasteiger partial charge < -0.3 is 11.1 Å². The second-order valence-electron chi connectivity index (χ2n) is 5.67. The van der Waals surface area contributed by atoms with Gasteiger partial charge in [-0.3, -0.25) is 14.5 Å². The average Bonchev–Trinajstić information content (AvgIpc) is 2.61. The molecule has 0 aromatic heterocycles. The smallest absolute Gasteiger partial charge is 0.399 e. The van der Waals surface area contributed by atoms with E-state index in [1.54, 1.807) is 24.3 Å². The molecule has 2 amide bonds. The van der Waals surface area contributed by atoms with Gasteiger partial charge in [0, 0.05) is 24.5 Å². The standard InChI is InChI=1S/C19H15F3N4O2/c1-12(27)26(17-7-3-5-15(24)9-17)11-13(10-23)18(28)25-16-6-2-4-14(8-16)19(20,21)22/h2-9,11H,24H2,1H3,(H,25,28)/b13-11-. The highest BCUT2D eigenvalue weighted by molar-refractivity contribution is 6.08. The molecule has 6 nitrogen and oxygen atoms in total.